The number of nitriles is 1. The number of aromatic nitrogens is 5. The molecule has 0 aliphatic rings. The zero-order chi connectivity index (χ0) is 15.4. The van der Waals surface area contributed by atoms with Gasteiger partial charge >= 0.3 is 0 Å². The first-order chi connectivity index (χ1) is 10.8. The second kappa shape index (κ2) is 6.15. The van der Waals surface area contributed by atoms with Gasteiger partial charge in [-0.15, -0.1) is 21.5 Å². The number of hydrogen-bond donors (Lipinski definition) is 2. The van der Waals surface area contributed by atoms with Crippen molar-refractivity contribution in [2.24, 2.45) is 0 Å². The number of thiazole rings is 1. The topological polar surface area (TPSA) is 103 Å². The van der Waals surface area contributed by atoms with Gasteiger partial charge in [-0.1, -0.05) is 12.1 Å². The maximum Gasteiger partial charge on any atom is 0.216 e. The summed E-state index contributed by atoms with van der Waals surface area (Å²) in [5.41, 5.74) is 3.17. The monoisotopic (exact) mass is 309 g/mol. The van der Waals surface area contributed by atoms with Gasteiger partial charge in [-0.05, 0) is 24.3 Å². The van der Waals surface area contributed by atoms with E-state index in [1.807, 2.05) is 42.6 Å². The number of allylic oxidation sites excluding steroid dienone is 1. The Labute approximate surface area is 130 Å². The van der Waals surface area contributed by atoms with Crippen LogP contribution in [0.2, 0.25) is 0 Å². The van der Waals surface area contributed by atoms with Gasteiger partial charge in [0.05, 0.1) is 10.7 Å². The van der Waals surface area contributed by atoms with Crippen LogP contribution in [-0.2, 0) is 0 Å². The number of aryl methyl sites for hydroxylation is 1. The number of H-pyrrole nitrogens is 1. The number of benzene rings is 1. The Morgan fingerprint density at radius 2 is 2.18 bits per heavy atom. The highest BCUT2D eigenvalue weighted by Crippen LogP contribution is 2.23. The standard InChI is InChI=1S/C14H11N7S/c1-9-17-13(8-22-9)10-2-4-12(5-3-10)16-7-11(6-15)14-18-20-21-19-14/h2-5,7-8,16H,1H3,(H,18,19,20,21). The van der Waals surface area contributed by atoms with Crippen molar-refractivity contribution in [2.45, 2.75) is 6.92 Å². The van der Waals surface area contributed by atoms with Crippen LogP contribution < -0.4 is 5.32 Å². The number of tetrazole rings is 1. The van der Waals surface area contributed by atoms with E-state index in [0.29, 0.717) is 5.57 Å². The molecular formula is C14H11N7S. The van der Waals surface area contributed by atoms with Crippen LogP contribution >= 0.6 is 11.3 Å². The normalized spacial score (nSPS) is 11.2. The van der Waals surface area contributed by atoms with Crippen molar-refractivity contribution in [3.8, 4) is 17.3 Å². The van der Waals surface area contributed by atoms with E-state index < -0.39 is 0 Å². The smallest absolute Gasteiger partial charge is 0.216 e. The van der Waals surface area contributed by atoms with Gasteiger partial charge in [-0.25, -0.2) is 4.98 Å². The third-order valence-electron chi connectivity index (χ3n) is 2.89. The molecule has 0 fully saturated rings. The van der Waals surface area contributed by atoms with Gasteiger partial charge < -0.3 is 5.32 Å². The summed E-state index contributed by atoms with van der Waals surface area (Å²) in [5.74, 6) is 0.254. The molecule has 0 saturated heterocycles. The molecule has 2 heterocycles. The number of nitrogens with one attached hydrogen (secondary N) is 2. The first-order valence-corrected chi connectivity index (χ1v) is 7.27. The number of aromatic amines is 1. The van der Waals surface area contributed by atoms with Gasteiger partial charge in [-0.3, -0.25) is 0 Å². The summed E-state index contributed by atoms with van der Waals surface area (Å²) in [6, 6.07) is 9.82. The Hall–Kier alpha value is -3.05. The number of anilines is 1. The fourth-order valence-electron chi connectivity index (χ4n) is 1.81. The molecule has 0 radical (unpaired) electrons. The minimum Gasteiger partial charge on any atom is -0.360 e. The molecule has 0 unspecified atom stereocenters. The second-order valence-electron chi connectivity index (χ2n) is 4.38. The second-order valence-corrected chi connectivity index (χ2v) is 5.44. The van der Waals surface area contributed by atoms with Crippen LogP contribution in [0.15, 0.2) is 35.8 Å². The third-order valence-corrected chi connectivity index (χ3v) is 3.66. The van der Waals surface area contributed by atoms with Crippen molar-refractivity contribution in [3.63, 3.8) is 0 Å². The lowest BCUT2D eigenvalue weighted by molar-refractivity contribution is 0.881. The summed E-state index contributed by atoms with van der Waals surface area (Å²) >= 11 is 1.62. The average Bonchev–Trinajstić information content (AvgIpc) is 3.20. The van der Waals surface area contributed by atoms with Crippen molar-refractivity contribution in [1.29, 1.82) is 5.26 Å². The van der Waals surface area contributed by atoms with Crippen molar-refractivity contribution in [1.82, 2.24) is 25.6 Å². The highest BCUT2D eigenvalue weighted by molar-refractivity contribution is 7.09. The Morgan fingerprint density at radius 1 is 1.36 bits per heavy atom. The van der Waals surface area contributed by atoms with Crippen LogP contribution in [0.25, 0.3) is 16.8 Å². The zero-order valence-corrected chi connectivity index (χ0v) is 12.4. The van der Waals surface area contributed by atoms with Crippen LogP contribution in [0, 0.1) is 18.3 Å². The van der Waals surface area contributed by atoms with Crippen LogP contribution in [0.1, 0.15) is 10.8 Å². The molecule has 0 saturated carbocycles. The summed E-state index contributed by atoms with van der Waals surface area (Å²) in [4.78, 5) is 4.45. The maximum absolute atomic E-state index is 9.08. The van der Waals surface area contributed by atoms with Crippen molar-refractivity contribution in [3.05, 3.63) is 46.7 Å². The largest absolute Gasteiger partial charge is 0.360 e. The molecule has 108 valence electrons. The van der Waals surface area contributed by atoms with Gasteiger partial charge in [0.2, 0.25) is 5.82 Å². The van der Waals surface area contributed by atoms with Gasteiger partial charge in [0.25, 0.3) is 0 Å². The van der Waals surface area contributed by atoms with E-state index in [4.69, 9.17) is 5.26 Å². The lowest BCUT2D eigenvalue weighted by Crippen LogP contribution is -1.93. The molecule has 0 atom stereocenters. The maximum atomic E-state index is 9.08. The van der Waals surface area contributed by atoms with Crippen LogP contribution in [0.5, 0.6) is 0 Å². The molecule has 2 N–H and O–H groups in total. The Kier molecular flexibility index (Phi) is 3.89. The summed E-state index contributed by atoms with van der Waals surface area (Å²) in [6.07, 6.45) is 1.55. The van der Waals surface area contributed by atoms with Crippen LogP contribution in [-0.4, -0.2) is 25.6 Å². The van der Waals surface area contributed by atoms with E-state index >= 15 is 0 Å². The Balaban J connectivity index is 1.75. The molecular weight excluding hydrogens is 298 g/mol. The quantitative estimate of drug-likeness (QED) is 0.718. The van der Waals surface area contributed by atoms with Gasteiger partial charge in [-0.2, -0.15) is 10.5 Å². The molecule has 3 rings (SSSR count). The molecule has 7 nitrogen and oxygen atoms in total. The Bertz CT molecular complexity index is 825. The summed E-state index contributed by atoms with van der Waals surface area (Å²) in [7, 11) is 0. The Morgan fingerprint density at radius 3 is 2.77 bits per heavy atom. The SMILES string of the molecule is Cc1nc(-c2ccc(NC=C(C#N)c3nn[nH]n3)cc2)cs1. The van der Waals surface area contributed by atoms with Gasteiger partial charge in [0.1, 0.15) is 11.6 Å². The summed E-state index contributed by atoms with van der Waals surface area (Å²) < 4.78 is 0. The minimum atomic E-state index is 0.254. The molecule has 0 aliphatic carbocycles. The van der Waals surface area contributed by atoms with E-state index in [1.165, 1.54) is 0 Å². The highest BCUT2D eigenvalue weighted by Gasteiger charge is 2.05. The lowest BCUT2D eigenvalue weighted by atomic mass is 10.1. The summed E-state index contributed by atoms with van der Waals surface area (Å²) in [5, 5.41) is 28.5. The van der Waals surface area contributed by atoms with E-state index in [9.17, 15) is 0 Å². The average molecular weight is 309 g/mol. The molecule has 1 aromatic carbocycles. The first-order valence-electron chi connectivity index (χ1n) is 6.39. The third kappa shape index (κ3) is 2.99. The van der Waals surface area contributed by atoms with Crippen LogP contribution in [0.3, 0.4) is 0 Å². The molecule has 0 amide bonds. The van der Waals surface area contributed by atoms with Crippen molar-refractivity contribution < 1.29 is 0 Å². The summed E-state index contributed by atoms with van der Waals surface area (Å²) in [6.45, 7) is 1.98. The molecule has 0 spiro atoms. The fourth-order valence-corrected chi connectivity index (χ4v) is 2.43. The fraction of sp³-hybridized carbons (Fsp3) is 0.0714. The minimum absolute atomic E-state index is 0.254. The van der Waals surface area contributed by atoms with E-state index in [0.717, 1.165) is 22.0 Å². The molecule has 0 bridgehead atoms. The van der Waals surface area contributed by atoms with Gasteiger partial charge in [0.15, 0.2) is 0 Å². The molecule has 2 aromatic heterocycles. The first kappa shape index (κ1) is 13.9. The number of rotatable bonds is 4. The number of nitrogens with zero attached hydrogens (tertiary/aromatic N) is 5. The van der Waals surface area contributed by atoms with E-state index in [2.05, 4.69) is 30.9 Å². The highest BCUT2D eigenvalue weighted by atomic mass is 32.1. The molecule has 3 aromatic rings. The molecule has 22 heavy (non-hydrogen) atoms. The van der Waals surface area contributed by atoms with Crippen molar-refractivity contribution >= 4 is 22.6 Å². The van der Waals surface area contributed by atoms with Crippen LogP contribution in [0.4, 0.5) is 5.69 Å². The lowest BCUT2D eigenvalue weighted by Gasteiger charge is -2.02. The number of hydrogen-bond acceptors (Lipinski definition) is 7. The predicted molar refractivity (Wildman–Crippen MR) is 83.7 cm³/mol. The molecule has 0 aliphatic heterocycles. The van der Waals surface area contributed by atoms with Crippen molar-refractivity contribution in [2.75, 3.05) is 5.32 Å². The zero-order valence-electron chi connectivity index (χ0n) is 11.6. The van der Waals surface area contributed by atoms with E-state index in [-0.39, 0.29) is 5.82 Å². The van der Waals surface area contributed by atoms with E-state index in [1.54, 1.807) is 17.5 Å². The van der Waals surface area contributed by atoms with Gasteiger partial charge in [0, 0.05) is 22.8 Å². The molecule has 8 heteroatoms. The predicted octanol–water partition coefficient (Wildman–Crippen LogP) is 2.61.